The maximum Gasteiger partial charge on any atom is 0.245 e. The number of thiol groups is 1. The molecule has 0 saturated carbocycles. The molecule has 0 radical (unpaired) electrons. The largest absolute Gasteiger partial charge is 0.612 e. The van der Waals surface area contributed by atoms with Crippen LogP contribution in [-0.2, 0) is 30.0 Å². The lowest BCUT2D eigenvalue weighted by molar-refractivity contribution is -0.0135. The number of nitrogens with zero attached hydrogens (tertiary/aromatic N) is 4. The summed E-state index contributed by atoms with van der Waals surface area (Å²) in [5.74, 6) is -0.0768. The normalized spacial score (nSPS) is 24.5. The number of tetrazole rings is 1. The Balaban J connectivity index is 1.52. The Hall–Kier alpha value is -2.86. The molecule has 2 aliphatic rings. The van der Waals surface area contributed by atoms with Gasteiger partial charge in [-0.15, -0.1) is 14.4 Å². The minimum atomic E-state index is -4.30. The van der Waals surface area contributed by atoms with Crippen molar-refractivity contribution in [2.24, 2.45) is 5.73 Å². The molecule has 5 unspecified atom stereocenters. The van der Waals surface area contributed by atoms with Gasteiger partial charge in [0.1, 0.15) is 4.90 Å². The Kier molecular flexibility index (Phi) is 6.06. The van der Waals surface area contributed by atoms with Crippen LogP contribution < -0.4 is 16.2 Å². The zero-order valence-corrected chi connectivity index (χ0v) is 21.6. The molecule has 13 nitrogen and oxygen atoms in total. The molecule has 2 bridgehead atoms. The number of fused-ring (bicyclic) bond motifs is 3. The molecule has 6 rings (SSSR count). The first-order chi connectivity index (χ1) is 17.7. The summed E-state index contributed by atoms with van der Waals surface area (Å²) in [7, 11) is -4.30. The number of benzene rings is 2. The number of nitrogens with one attached hydrogen (secondary N) is 2. The van der Waals surface area contributed by atoms with Gasteiger partial charge in [-0.1, -0.05) is 29.5 Å². The van der Waals surface area contributed by atoms with Crippen LogP contribution in [0.1, 0.15) is 19.3 Å². The molecule has 194 valence electrons. The van der Waals surface area contributed by atoms with Crippen molar-refractivity contribution in [3.63, 3.8) is 0 Å². The summed E-state index contributed by atoms with van der Waals surface area (Å²) in [6, 6.07) is 7.46. The van der Waals surface area contributed by atoms with Gasteiger partial charge in [0.05, 0.1) is 39.1 Å². The topological polar surface area (TPSA) is 215 Å². The highest BCUT2D eigenvalue weighted by Crippen LogP contribution is 2.42. The minimum absolute atomic E-state index is 0.00495. The molecule has 4 heterocycles. The predicted octanol–water partition coefficient (Wildman–Crippen LogP) is 0.837. The fraction of sp³-hybridized carbons (Fsp3) is 0.333. The SMILES string of the molecule is Nc1nc2c(-c3ccc(S(=O)(=O)NC4CCC5OC4CC5N)c([SH+](=O)[O-])c3-c3nn[nH]n3)cccc2s1. The first-order valence-electron chi connectivity index (χ1n) is 11.4. The number of rotatable bonds is 6. The van der Waals surface area contributed by atoms with Crippen LogP contribution in [-0.4, -0.2) is 62.9 Å². The molecular weight excluding hydrogens is 540 g/mol. The fourth-order valence-electron chi connectivity index (χ4n) is 5.14. The Bertz CT molecular complexity index is 1620. The van der Waals surface area contributed by atoms with E-state index in [-0.39, 0.29) is 29.6 Å². The summed E-state index contributed by atoms with van der Waals surface area (Å²) in [5, 5.41) is 14.1. The monoisotopic (exact) mass is 562 g/mol. The number of sulfonamides is 1. The van der Waals surface area contributed by atoms with Crippen molar-refractivity contribution in [3.8, 4) is 22.5 Å². The predicted molar refractivity (Wildman–Crippen MR) is 136 cm³/mol. The number of nitrogens with two attached hydrogens (primary N) is 2. The number of hydrogen-bond donors (Lipinski definition) is 4. The number of ether oxygens (including phenoxy) is 1. The number of anilines is 1. The second-order valence-corrected chi connectivity index (χ2v) is 12.7. The highest BCUT2D eigenvalue weighted by molar-refractivity contribution is 7.90. The molecule has 16 heteroatoms. The lowest BCUT2D eigenvalue weighted by atomic mass is 9.98. The smallest absolute Gasteiger partial charge is 0.245 e. The third kappa shape index (κ3) is 4.23. The van der Waals surface area contributed by atoms with E-state index in [2.05, 4.69) is 30.3 Å². The van der Waals surface area contributed by atoms with Gasteiger partial charge in [0.2, 0.25) is 15.8 Å². The van der Waals surface area contributed by atoms with E-state index in [1.807, 2.05) is 6.07 Å². The van der Waals surface area contributed by atoms with Crippen molar-refractivity contribution in [2.75, 3.05) is 5.73 Å². The lowest BCUT2D eigenvalue weighted by Gasteiger charge is -2.30. The number of aromatic amines is 1. The van der Waals surface area contributed by atoms with Gasteiger partial charge in [0.15, 0.2) is 10.0 Å². The average molecular weight is 563 g/mol. The van der Waals surface area contributed by atoms with Gasteiger partial charge in [-0.25, -0.2) is 18.1 Å². The highest BCUT2D eigenvalue weighted by Gasteiger charge is 2.44. The molecule has 0 aliphatic carbocycles. The van der Waals surface area contributed by atoms with E-state index in [4.69, 9.17) is 16.2 Å². The highest BCUT2D eigenvalue weighted by atomic mass is 32.2. The molecule has 2 aliphatic heterocycles. The van der Waals surface area contributed by atoms with Crippen LogP contribution in [0.3, 0.4) is 0 Å². The molecule has 4 aromatic rings. The van der Waals surface area contributed by atoms with Crippen molar-refractivity contribution in [1.29, 1.82) is 0 Å². The maximum atomic E-state index is 13.6. The van der Waals surface area contributed by atoms with Gasteiger partial charge in [-0.2, -0.15) is 5.21 Å². The van der Waals surface area contributed by atoms with E-state index in [1.165, 1.54) is 23.5 Å². The molecule has 2 saturated heterocycles. The quantitative estimate of drug-likeness (QED) is 0.191. The van der Waals surface area contributed by atoms with Crippen LogP contribution in [0.15, 0.2) is 40.1 Å². The molecule has 2 aromatic carbocycles. The molecular formula is C21H22N8O5S3. The van der Waals surface area contributed by atoms with Gasteiger partial charge >= 0.3 is 0 Å². The zero-order chi connectivity index (χ0) is 25.9. The Morgan fingerprint density at radius 1 is 1.19 bits per heavy atom. The lowest BCUT2D eigenvalue weighted by Crippen LogP contribution is -2.46. The average Bonchev–Trinajstić information content (AvgIpc) is 3.58. The van der Waals surface area contributed by atoms with Crippen LogP contribution >= 0.6 is 11.3 Å². The van der Waals surface area contributed by atoms with Gasteiger partial charge in [-0.3, -0.25) is 0 Å². The number of nitrogen functional groups attached to an aromatic ring is 1. The van der Waals surface area contributed by atoms with Crippen LogP contribution in [0.25, 0.3) is 32.7 Å². The van der Waals surface area contributed by atoms with Crippen LogP contribution in [0.2, 0.25) is 0 Å². The summed E-state index contributed by atoms with van der Waals surface area (Å²) < 4.78 is 61.9. The van der Waals surface area contributed by atoms with Gasteiger partial charge in [-0.05, 0) is 36.6 Å². The fourth-order valence-corrected chi connectivity index (χ4v) is 8.54. The molecule has 0 amide bonds. The first-order valence-corrected chi connectivity index (χ1v) is 14.8. The van der Waals surface area contributed by atoms with Crippen LogP contribution in [0.4, 0.5) is 5.13 Å². The second-order valence-electron chi connectivity index (χ2n) is 8.95. The summed E-state index contributed by atoms with van der Waals surface area (Å²) in [6.45, 7) is 0. The van der Waals surface area contributed by atoms with E-state index < -0.39 is 36.9 Å². The molecule has 6 N–H and O–H groups in total. The van der Waals surface area contributed by atoms with Crippen LogP contribution in [0, 0.1) is 0 Å². The van der Waals surface area contributed by atoms with E-state index >= 15 is 0 Å². The number of hydrogen-bond acceptors (Lipinski definition) is 12. The minimum Gasteiger partial charge on any atom is -0.612 e. The first kappa shape index (κ1) is 24.5. The van der Waals surface area contributed by atoms with E-state index in [0.717, 1.165) is 4.70 Å². The number of thiazole rings is 1. The molecule has 2 aromatic heterocycles. The number of H-pyrrole nitrogens is 1. The third-order valence-electron chi connectivity index (χ3n) is 6.76. The zero-order valence-electron chi connectivity index (χ0n) is 19.1. The second kappa shape index (κ2) is 9.16. The van der Waals surface area contributed by atoms with Crippen LogP contribution in [0.5, 0.6) is 0 Å². The Labute approximate surface area is 217 Å². The Morgan fingerprint density at radius 2 is 2.03 bits per heavy atom. The standard InChI is InChI=1S/C21H22N8O5S3/c22-11-8-14-12(5-6-13(11)34-14)27-37(32,33)16-7-4-9(10-2-1-3-15-18(10)24-21(23)35-15)17(19(16)36(30)31)20-25-28-29-26-20/h1-4,7,11-14,27,36H,5-6,8,22H2,(H3-,23,24,25,26,28,29,30,31). The van der Waals surface area contributed by atoms with Crippen molar-refractivity contribution < 1.29 is 21.9 Å². The van der Waals surface area contributed by atoms with Gasteiger partial charge in [0, 0.05) is 23.2 Å². The maximum absolute atomic E-state index is 13.6. The third-order valence-corrected chi connectivity index (χ3v) is 10.1. The molecule has 2 fully saturated rings. The van der Waals surface area contributed by atoms with Gasteiger partial charge < -0.3 is 20.8 Å². The van der Waals surface area contributed by atoms with Crippen molar-refractivity contribution in [2.45, 2.75) is 53.3 Å². The van der Waals surface area contributed by atoms with E-state index in [1.54, 1.807) is 12.1 Å². The number of aromatic nitrogens is 5. The van der Waals surface area contributed by atoms with Crippen molar-refractivity contribution in [1.82, 2.24) is 30.3 Å². The summed E-state index contributed by atoms with van der Waals surface area (Å²) >= 11 is -2.14. The van der Waals surface area contributed by atoms with E-state index in [0.29, 0.717) is 41.0 Å². The van der Waals surface area contributed by atoms with Crippen molar-refractivity contribution in [3.05, 3.63) is 30.3 Å². The number of para-hydroxylation sites is 1. The molecule has 0 spiro atoms. The molecule has 37 heavy (non-hydrogen) atoms. The summed E-state index contributed by atoms with van der Waals surface area (Å²) in [5.41, 5.74) is 13.5. The summed E-state index contributed by atoms with van der Waals surface area (Å²) in [4.78, 5) is 3.53. The van der Waals surface area contributed by atoms with E-state index in [9.17, 15) is 17.2 Å². The Morgan fingerprint density at radius 3 is 2.78 bits per heavy atom. The van der Waals surface area contributed by atoms with Gasteiger partial charge in [0.25, 0.3) is 0 Å². The van der Waals surface area contributed by atoms with Crippen molar-refractivity contribution >= 4 is 47.8 Å². The molecule has 5 atom stereocenters. The summed E-state index contributed by atoms with van der Waals surface area (Å²) in [6.07, 6.45) is 1.19.